The van der Waals surface area contributed by atoms with E-state index in [0.29, 0.717) is 17.3 Å². The van der Waals surface area contributed by atoms with Gasteiger partial charge in [-0.1, -0.05) is 26.2 Å². The topological polar surface area (TPSA) is 83.8 Å². The second-order valence-electron chi connectivity index (χ2n) is 5.14. The lowest BCUT2D eigenvalue weighted by molar-refractivity contribution is 0.0900. The minimum Gasteiger partial charge on any atom is -0.395 e. The fraction of sp³-hybridized carbons (Fsp3) is 0.692. The fourth-order valence-corrected chi connectivity index (χ4v) is 2.73. The first kappa shape index (κ1) is 12.9. The van der Waals surface area contributed by atoms with Crippen molar-refractivity contribution in [2.45, 2.75) is 52.0 Å². The van der Waals surface area contributed by atoms with Crippen molar-refractivity contribution >= 4 is 11.6 Å². The Balaban J connectivity index is 2.04. The number of nitrogens with one attached hydrogen (secondary N) is 2. The van der Waals surface area contributed by atoms with Crippen molar-refractivity contribution in [1.29, 1.82) is 0 Å². The largest absolute Gasteiger partial charge is 0.395 e. The van der Waals surface area contributed by atoms with E-state index in [0.717, 1.165) is 18.5 Å². The van der Waals surface area contributed by atoms with Crippen molar-refractivity contribution in [2.24, 2.45) is 5.92 Å². The van der Waals surface area contributed by atoms with Gasteiger partial charge in [0.25, 0.3) is 5.91 Å². The molecule has 0 radical (unpaired) electrons. The number of hydrogen-bond acceptors (Lipinski definition) is 3. The molecule has 1 aliphatic rings. The van der Waals surface area contributed by atoms with E-state index in [1.54, 1.807) is 0 Å². The molecule has 4 N–H and O–H groups in total. The number of anilines is 1. The zero-order valence-corrected chi connectivity index (χ0v) is 11.1. The van der Waals surface area contributed by atoms with Crippen LogP contribution in [0.15, 0.2) is 0 Å². The zero-order chi connectivity index (χ0) is 13.1. The summed E-state index contributed by atoms with van der Waals surface area (Å²) in [6.07, 6.45) is 5.84. The van der Waals surface area contributed by atoms with Crippen molar-refractivity contribution in [2.75, 3.05) is 5.73 Å². The maximum Gasteiger partial charge on any atom is 0.274 e. The van der Waals surface area contributed by atoms with E-state index in [1.165, 1.54) is 19.3 Å². The van der Waals surface area contributed by atoms with Crippen LogP contribution in [0.5, 0.6) is 0 Å². The molecule has 0 aromatic carbocycles. The van der Waals surface area contributed by atoms with Crippen molar-refractivity contribution in [3.8, 4) is 0 Å². The molecule has 2 atom stereocenters. The van der Waals surface area contributed by atoms with E-state index in [1.807, 2.05) is 6.92 Å². The molecule has 1 saturated carbocycles. The molecule has 5 heteroatoms. The molecule has 1 aliphatic carbocycles. The molecule has 0 saturated heterocycles. The molecule has 100 valence electrons. The van der Waals surface area contributed by atoms with Crippen LogP contribution in [-0.2, 0) is 0 Å². The van der Waals surface area contributed by atoms with E-state index in [2.05, 4.69) is 22.4 Å². The van der Waals surface area contributed by atoms with Gasteiger partial charge in [0.2, 0.25) is 0 Å². The molecule has 2 unspecified atom stereocenters. The van der Waals surface area contributed by atoms with Crippen LogP contribution in [0.25, 0.3) is 0 Å². The number of carbonyl (C=O) groups excluding carboxylic acids is 1. The predicted octanol–water partition coefficient (Wildman–Crippen LogP) is 2.00. The molecule has 1 amide bonds. The van der Waals surface area contributed by atoms with Gasteiger partial charge in [-0.25, -0.2) is 0 Å². The van der Waals surface area contributed by atoms with Gasteiger partial charge in [0, 0.05) is 6.04 Å². The fourth-order valence-electron chi connectivity index (χ4n) is 2.73. The number of aromatic nitrogens is 2. The standard InChI is InChI=1S/C13H22N4O/c1-3-9-6-4-5-7-10(9)15-13(18)12-11(14)8(2)16-17-12/h9-10H,3-7,14H2,1-2H3,(H,15,18)(H,16,17). The summed E-state index contributed by atoms with van der Waals surface area (Å²) in [5.74, 6) is 0.436. The minimum atomic E-state index is -0.151. The number of rotatable bonds is 3. The summed E-state index contributed by atoms with van der Waals surface area (Å²) in [7, 11) is 0. The van der Waals surface area contributed by atoms with Gasteiger partial charge in [-0.05, 0) is 25.7 Å². The predicted molar refractivity (Wildman–Crippen MR) is 71.2 cm³/mol. The zero-order valence-electron chi connectivity index (χ0n) is 11.1. The third-order valence-electron chi connectivity index (χ3n) is 3.96. The van der Waals surface area contributed by atoms with Crippen LogP contribution in [0.3, 0.4) is 0 Å². The smallest absolute Gasteiger partial charge is 0.274 e. The Morgan fingerprint density at radius 2 is 2.22 bits per heavy atom. The third kappa shape index (κ3) is 2.49. The minimum absolute atomic E-state index is 0.151. The highest BCUT2D eigenvalue weighted by Gasteiger charge is 2.26. The van der Waals surface area contributed by atoms with Gasteiger partial charge in [-0.15, -0.1) is 0 Å². The maximum atomic E-state index is 12.1. The Bertz CT molecular complexity index is 427. The number of amides is 1. The number of nitrogens with two attached hydrogens (primary N) is 1. The van der Waals surface area contributed by atoms with Gasteiger partial charge in [0.15, 0.2) is 5.69 Å². The first-order valence-corrected chi connectivity index (χ1v) is 6.74. The summed E-state index contributed by atoms with van der Waals surface area (Å²) in [6.45, 7) is 4.00. The van der Waals surface area contributed by atoms with E-state index in [4.69, 9.17) is 5.73 Å². The first-order valence-electron chi connectivity index (χ1n) is 6.74. The van der Waals surface area contributed by atoms with Crippen LogP contribution in [0, 0.1) is 12.8 Å². The van der Waals surface area contributed by atoms with Gasteiger partial charge >= 0.3 is 0 Å². The average molecular weight is 250 g/mol. The number of aryl methyl sites for hydroxylation is 1. The molecule has 1 heterocycles. The normalized spacial score (nSPS) is 23.9. The Morgan fingerprint density at radius 3 is 2.83 bits per heavy atom. The summed E-state index contributed by atoms with van der Waals surface area (Å²) >= 11 is 0. The van der Waals surface area contributed by atoms with Crippen LogP contribution in [0.4, 0.5) is 5.69 Å². The quantitative estimate of drug-likeness (QED) is 0.767. The van der Waals surface area contributed by atoms with Gasteiger partial charge in [-0.2, -0.15) is 5.10 Å². The van der Waals surface area contributed by atoms with Crippen molar-refractivity contribution in [1.82, 2.24) is 15.5 Å². The van der Waals surface area contributed by atoms with Crippen LogP contribution in [0.2, 0.25) is 0 Å². The summed E-state index contributed by atoms with van der Waals surface area (Å²) in [4.78, 5) is 12.1. The highest BCUT2D eigenvalue weighted by Crippen LogP contribution is 2.27. The molecule has 1 aromatic rings. The molecular formula is C13H22N4O. The third-order valence-corrected chi connectivity index (χ3v) is 3.96. The van der Waals surface area contributed by atoms with Crippen molar-refractivity contribution in [3.05, 3.63) is 11.4 Å². The molecule has 5 nitrogen and oxygen atoms in total. The second kappa shape index (κ2) is 5.42. The first-order chi connectivity index (χ1) is 8.63. The van der Waals surface area contributed by atoms with Crippen LogP contribution >= 0.6 is 0 Å². The molecule has 1 aromatic heterocycles. The van der Waals surface area contributed by atoms with Crippen LogP contribution in [0.1, 0.15) is 55.2 Å². The van der Waals surface area contributed by atoms with Crippen molar-refractivity contribution < 1.29 is 4.79 Å². The Labute approximate surface area is 108 Å². The van der Waals surface area contributed by atoms with Crippen LogP contribution in [-0.4, -0.2) is 22.1 Å². The number of aromatic amines is 1. The average Bonchev–Trinajstić information content (AvgIpc) is 2.71. The molecular weight excluding hydrogens is 228 g/mol. The Hall–Kier alpha value is -1.52. The number of nitrogen functional groups attached to an aromatic ring is 1. The summed E-state index contributed by atoms with van der Waals surface area (Å²) in [5.41, 5.74) is 7.35. The van der Waals surface area contributed by atoms with E-state index in [9.17, 15) is 4.79 Å². The molecule has 0 aliphatic heterocycles. The van der Waals surface area contributed by atoms with E-state index in [-0.39, 0.29) is 11.9 Å². The summed E-state index contributed by atoms with van der Waals surface area (Å²) in [6, 6.07) is 0.271. The highest BCUT2D eigenvalue weighted by molar-refractivity contribution is 5.97. The Morgan fingerprint density at radius 1 is 1.50 bits per heavy atom. The van der Waals surface area contributed by atoms with Gasteiger partial charge in [0.1, 0.15) is 0 Å². The van der Waals surface area contributed by atoms with Crippen molar-refractivity contribution in [3.63, 3.8) is 0 Å². The Kier molecular flexibility index (Phi) is 3.89. The van der Waals surface area contributed by atoms with Gasteiger partial charge in [0.05, 0.1) is 11.4 Å². The number of carbonyl (C=O) groups is 1. The summed E-state index contributed by atoms with van der Waals surface area (Å²) < 4.78 is 0. The molecule has 18 heavy (non-hydrogen) atoms. The van der Waals surface area contributed by atoms with Gasteiger partial charge < -0.3 is 11.1 Å². The SMILES string of the molecule is CCC1CCCCC1NC(=O)c1n[nH]c(C)c1N. The molecule has 2 rings (SSSR count). The lowest BCUT2D eigenvalue weighted by Gasteiger charge is -2.31. The lowest BCUT2D eigenvalue weighted by atomic mass is 9.83. The number of hydrogen-bond donors (Lipinski definition) is 3. The number of nitrogens with zero attached hydrogens (tertiary/aromatic N) is 1. The lowest BCUT2D eigenvalue weighted by Crippen LogP contribution is -2.42. The number of H-pyrrole nitrogens is 1. The summed E-state index contributed by atoms with van der Waals surface area (Å²) in [5, 5.41) is 9.80. The molecule has 1 fully saturated rings. The second-order valence-corrected chi connectivity index (χ2v) is 5.14. The highest BCUT2D eigenvalue weighted by atomic mass is 16.2. The molecule has 0 bridgehead atoms. The van der Waals surface area contributed by atoms with Crippen LogP contribution < -0.4 is 11.1 Å². The van der Waals surface area contributed by atoms with E-state index >= 15 is 0 Å². The van der Waals surface area contributed by atoms with E-state index < -0.39 is 0 Å². The maximum absolute atomic E-state index is 12.1. The monoisotopic (exact) mass is 250 g/mol. The molecule has 0 spiro atoms. The van der Waals surface area contributed by atoms with Gasteiger partial charge in [-0.3, -0.25) is 9.89 Å².